The van der Waals surface area contributed by atoms with Crippen molar-refractivity contribution < 1.29 is 0 Å². The molecule has 0 aliphatic heterocycles. The number of fused-ring (bicyclic) bond motifs is 1. The van der Waals surface area contributed by atoms with Crippen LogP contribution in [0.25, 0.3) is 0 Å². The van der Waals surface area contributed by atoms with Gasteiger partial charge in [-0.25, -0.2) is 0 Å². The van der Waals surface area contributed by atoms with Crippen molar-refractivity contribution in [3.8, 4) is 0 Å². The summed E-state index contributed by atoms with van der Waals surface area (Å²) in [4.78, 5) is 0. The Morgan fingerprint density at radius 1 is 0.714 bits per heavy atom. The van der Waals surface area contributed by atoms with Crippen molar-refractivity contribution >= 4 is 0 Å². The average molecular weight is 182 g/mol. The van der Waals surface area contributed by atoms with Crippen LogP contribution >= 0.6 is 0 Å². The van der Waals surface area contributed by atoms with Crippen molar-refractivity contribution in [2.24, 2.45) is 0 Å². The van der Waals surface area contributed by atoms with Gasteiger partial charge in [-0.15, -0.1) is 0 Å². The molecule has 3 rings (SSSR count). The fraction of sp³-hybridized carbons (Fsp3) is 0.286. The van der Waals surface area contributed by atoms with Gasteiger partial charge in [-0.1, -0.05) is 47.6 Å². The van der Waals surface area contributed by atoms with Crippen molar-refractivity contribution in [3.63, 3.8) is 0 Å². The third-order valence-corrected chi connectivity index (χ3v) is 3.32. The zero-order valence-corrected chi connectivity index (χ0v) is 8.29. The van der Waals surface area contributed by atoms with E-state index in [-0.39, 0.29) is 0 Å². The first-order chi connectivity index (χ1) is 6.93. The van der Waals surface area contributed by atoms with Crippen LogP contribution in [0.4, 0.5) is 0 Å². The Morgan fingerprint density at radius 2 is 1.21 bits per heavy atom. The highest BCUT2D eigenvalue weighted by Crippen LogP contribution is 2.32. The Kier molecular flexibility index (Phi) is 1.80. The molecule has 0 radical (unpaired) electrons. The maximum atomic E-state index is 2.31. The summed E-state index contributed by atoms with van der Waals surface area (Å²) in [6.45, 7) is 0. The summed E-state index contributed by atoms with van der Waals surface area (Å²) >= 11 is 0. The molecule has 0 nitrogen and oxygen atoms in total. The van der Waals surface area contributed by atoms with E-state index in [4.69, 9.17) is 0 Å². The normalized spacial score (nSPS) is 19.1. The van der Waals surface area contributed by atoms with Gasteiger partial charge in [0.15, 0.2) is 0 Å². The highest BCUT2D eigenvalue weighted by Gasteiger charge is 2.17. The molecule has 0 amide bonds. The van der Waals surface area contributed by atoms with E-state index in [2.05, 4.69) is 36.4 Å². The van der Waals surface area contributed by atoms with Gasteiger partial charge in [-0.05, 0) is 36.8 Å². The SMILES string of the molecule is C1=CCC2=C(C1)Cc1ccccc1C2. The molecular weight excluding hydrogens is 168 g/mol. The molecule has 2 aliphatic rings. The Balaban J connectivity index is 2.00. The lowest BCUT2D eigenvalue weighted by molar-refractivity contribution is 0.869. The molecule has 0 atom stereocenters. The van der Waals surface area contributed by atoms with Crippen LogP contribution in [0.5, 0.6) is 0 Å². The molecule has 2 aliphatic carbocycles. The van der Waals surface area contributed by atoms with Crippen LogP contribution < -0.4 is 0 Å². The number of allylic oxidation sites excluding steroid dienone is 4. The first-order valence-electron chi connectivity index (χ1n) is 5.35. The van der Waals surface area contributed by atoms with E-state index in [1.807, 2.05) is 0 Å². The molecule has 0 heterocycles. The van der Waals surface area contributed by atoms with E-state index < -0.39 is 0 Å². The minimum Gasteiger partial charge on any atom is -0.0841 e. The van der Waals surface area contributed by atoms with Crippen molar-refractivity contribution in [1.29, 1.82) is 0 Å². The van der Waals surface area contributed by atoms with E-state index in [0.29, 0.717) is 0 Å². The van der Waals surface area contributed by atoms with Crippen LogP contribution in [-0.2, 0) is 12.8 Å². The lowest BCUT2D eigenvalue weighted by Gasteiger charge is -2.24. The smallest absolute Gasteiger partial charge is 0.00582 e. The molecule has 0 saturated carbocycles. The van der Waals surface area contributed by atoms with Gasteiger partial charge in [0.05, 0.1) is 0 Å². The van der Waals surface area contributed by atoms with Crippen molar-refractivity contribution in [1.82, 2.24) is 0 Å². The third kappa shape index (κ3) is 1.22. The van der Waals surface area contributed by atoms with E-state index in [0.717, 1.165) is 0 Å². The molecule has 0 saturated heterocycles. The molecular formula is C14H14. The Labute approximate surface area is 85.0 Å². The van der Waals surface area contributed by atoms with Gasteiger partial charge in [0, 0.05) is 0 Å². The van der Waals surface area contributed by atoms with Crippen LogP contribution in [0.1, 0.15) is 24.0 Å². The highest BCUT2D eigenvalue weighted by molar-refractivity contribution is 5.42. The Hall–Kier alpha value is -1.30. The largest absolute Gasteiger partial charge is 0.0841 e. The minimum absolute atomic E-state index is 1.18. The first kappa shape index (κ1) is 8.05. The summed E-state index contributed by atoms with van der Waals surface area (Å²) in [6.07, 6.45) is 9.37. The van der Waals surface area contributed by atoms with Crippen LogP contribution in [0.3, 0.4) is 0 Å². The molecule has 0 aromatic heterocycles. The maximum absolute atomic E-state index is 2.31. The zero-order valence-electron chi connectivity index (χ0n) is 8.29. The molecule has 1 aromatic rings. The molecule has 0 heteroatoms. The van der Waals surface area contributed by atoms with Crippen LogP contribution in [-0.4, -0.2) is 0 Å². The van der Waals surface area contributed by atoms with Gasteiger partial charge < -0.3 is 0 Å². The summed E-state index contributed by atoms with van der Waals surface area (Å²) in [5.74, 6) is 0. The van der Waals surface area contributed by atoms with Crippen molar-refractivity contribution in [2.45, 2.75) is 25.7 Å². The van der Waals surface area contributed by atoms with Gasteiger partial charge >= 0.3 is 0 Å². The maximum Gasteiger partial charge on any atom is -0.00582 e. The van der Waals surface area contributed by atoms with Crippen LogP contribution in [0, 0.1) is 0 Å². The van der Waals surface area contributed by atoms with Gasteiger partial charge in [0.2, 0.25) is 0 Å². The molecule has 1 aromatic carbocycles. The molecule has 0 spiro atoms. The minimum atomic E-state index is 1.18. The molecule has 14 heavy (non-hydrogen) atoms. The summed E-state index contributed by atoms with van der Waals surface area (Å²) in [6, 6.07) is 8.86. The monoisotopic (exact) mass is 182 g/mol. The quantitative estimate of drug-likeness (QED) is 0.539. The van der Waals surface area contributed by atoms with Crippen molar-refractivity contribution in [2.75, 3.05) is 0 Å². The van der Waals surface area contributed by atoms with E-state index in [1.165, 1.54) is 25.7 Å². The Bertz CT molecular complexity index is 382. The lowest BCUT2D eigenvalue weighted by Crippen LogP contribution is -2.10. The van der Waals surface area contributed by atoms with Gasteiger partial charge in [-0.2, -0.15) is 0 Å². The Morgan fingerprint density at radius 3 is 1.71 bits per heavy atom. The number of rotatable bonds is 0. The second-order valence-electron chi connectivity index (χ2n) is 4.21. The number of hydrogen-bond acceptors (Lipinski definition) is 0. The van der Waals surface area contributed by atoms with Gasteiger partial charge in [-0.3, -0.25) is 0 Å². The summed E-state index contributed by atoms with van der Waals surface area (Å²) in [5.41, 5.74) is 6.43. The number of benzene rings is 1. The summed E-state index contributed by atoms with van der Waals surface area (Å²) in [5, 5.41) is 0. The van der Waals surface area contributed by atoms with E-state index in [1.54, 1.807) is 22.3 Å². The van der Waals surface area contributed by atoms with E-state index in [9.17, 15) is 0 Å². The average Bonchev–Trinajstić information content (AvgIpc) is 2.26. The molecule has 0 fully saturated rings. The second-order valence-corrected chi connectivity index (χ2v) is 4.21. The van der Waals surface area contributed by atoms with Gasteiger partial charge in [0.1, 0.15) is 0 Å². The molecule has 70 valence electrons. The molecule has 0 N–H and O–H groups in total. The predicted octanol–water partition coefficient (Wildman–Crippen LogP) is 3.43. The zero-order chi connectivity index (χ0) is 9.38. The van der Waals surface area contributed by atoms with E-state index >= 15 is 0 Å². The fourth-order valence-corrected chi connectivity index (χ4v) is 2.50. The summed E-state index contributed by atoms with van der Waals surface area (Å²) in [7, 11) is 0. The number of hydrogen-bond donors (Lipinski definition) is 0. The summed E-state index contributed by atoms with van der Waals surface area (Å²) < 4.78 is 0. The molecule has 0 bridgehead atoms. The lowest BCUT2D eigenvalue weighted by atomic mass is 9.81. The third-order valence-electron chi connectivity index (χ3n) is 3.32. The van der Waals surface area contributed by atoms with Gasteiger partial charge in [0.25, 0.3) is 0 Å². The second kappa shape index (κ2) is 3.13. The topological polar surface area (TPSA) is 0 Å². The standard InChI is InChI=1S/C14H14/c1-2-6-12-10-14-8-4-3-7-13(14)9-11(12)5-1/h1-6H,7-10H2. The van der Waals surface area contributed by atoms with Crippen molar-refractivity contribution in [3.05, 3.63) is 58.7 Å². The fourth-order valence-electron chi connectivity index (χ4n) is 2.50. The highest BCUT2D eigenvalue weighted by atomic mass is 14.2. The van der Waals surface area contributed by atoms with Crippen LogP contribution in [0.15, 0.2) is 47.6 Å². The predicted molar refractivity (Wildman–Crippen MR) is 59.3 cm³/mol. The van der Waals surface area contributed by atoms with Crippen LogP contribution in [0.2, 0.25) is 0 Å². The first-order valence-corrected chi connectivity index (χ1v) is 5.35. The molecule has 0 unspecified atom stereocenters.